The van der Waals surface area contributed by atoms with E-state index in [1.165, 1.54) is 3.96 Å². The van der Waals surface area contributed by atoms with E-state index in [2.05, 4.69) is 47.8 Å². The van der Waals surface area contributed by atoms with Crippen LogP contribution in [0.15, 0.2) is 72.5 Å². The van der Waals surface area contributed by atoms with Crippen molar-refractivity contribution in [1.29, 1.82) is 0 Å². The van der Waals surface area contributed by atoms with Gasteiger partial charge in [0.05, 0.1) is 13.4 Å². The number of anilines is 3. The zero-order valence-electron chi connectivity index (χ0n) is 17.6. The van der Waals surface area contributed by atoms with Crippen LogP contribution >= 0.6 is 106 Å². The maximum Gasteiger partial charge on any atom is 0.425 e. The Morgan fingerprint density at radius 1 is 0.750 bits per heavy atom. The number of benzene rings is 3. The number of halogens is 6. The van der Waals surface area contributed by atoms with Crippen molar-refractivity contribution in [2.45, 2.75) is 0 Å². The molecule has 9 nitrogen and oxygen atoms in total. The first-order chi connectivity index (χ1) is 17.0. The molecule has 3 aromatic rings. The van der Waals surface area contributed by atoms with Gasteiger partial charge in [0, 0.05) is 17.1 Å². The molecule has 0 saturated carbocycles. The molecule has 0 aliphatic carbocycles. The molecule has 18 heteroatoms. The Kier molecular flexibility index (Phi) is 9.50. The van der Waals surface area contributed by atoms with E-state index in [1.54, 1.807) is 54.6 Å². The topological polar surface area (TPSA) is 125 Å². The molecule has 0 amide bonds. The lowest BCUT2D eigenvalue weighted by atomic mass is 10.3. The summed E-state index contributed by atoms with van der Waals surface area (Å²) in [4.78, 5) is 0. The number of hydrogen-bond donors (Lipinski definition) is 3. The van der Waals surface area contributed by atoms with Gasteiger partial charge in [-0.1, -0.05) is 19.2 Å². The number of hydrogen-bond acceptors (Lipinski definition) is 9. The van der Waals surface area contributed by atoms with Gasteiger partial charge in [-0.15, -0.1) is 4.52 Å². The molecule has 4 rings (SSSR count). The molecule has 1 heterocycles. The molecular weight excluding hydrogens is 787 g/mol. The van der Waals surface area contributed by atoms with Crippen molar-refractivity contribution >= 4 is 123 Å². The van der Waals surface area contributed by atoms with Gasteiger partial charge in [-0.05, 0) is 126 Å². The maximum atomic E-state index is 6.73. The number of nitrogen functional groups attached to an aromatic ring is 3. The highest BCUT2D eigenvalue weighted by molar-refractivity contribution is 9.11. The summed E-state index contributed by atoms with van der Waals surface area (Å²) < 4.78 is 27.8. The molecule has 0 radical (unpaired) electrons. The van der Waals surface area contributed by atoms with E-state index >= 15 is 0 Å². The van der Waals surface area contributed by atoms with E-state index in [4.69, 9.17) is 70.1 Å². The first kappa shape index (κ1) is 28.8. The lowest BCUT2D eigenvalue weighted by molar-refractivity contribution is 0.447. The highest BCUT2D eigenvalue weighted by Gasteiger charge is 2.51. The summed E-state index contributed by atoms with van der Waals surface area (Å²) in [6, 6.07) is 15.1. The highest BCUT2D eigenvalue weighted by atomic mass is 79.9. The SMILES string of the molecule is Nc1ccc(OP2N=P(Oc3ccc(N)cc3Br)(Oc3ccc(N)cc3Br)N(Cl)P(Cl)N2Cl)c(Br)c1. The van der Waals surface area contributed by atoms with Gasteiger partial charge in [0.25, 0.3) is 0 Å². The van der Waals surface area contributed by atoms with Crippen molar-refractivity contribution in [3.63, 3.8) is 0 Å². The van der Waals surface area contributed by atoms with Crippen LogP contribution in [0.2, 0.25) is 0 Å². The number of nitrogens with two attached hydrogens (primary N) is 3. The Bertz CT molecular complexity index is 1310. The minimum absolute atomic E-state index is 0.366. The van der Waals surface area contributed by atoms with Crippen LogP contribution in [0.1, 0.15) is 0 Å². The van der Waals surface area contributed by atoms with Crippen LogP contribution in [0.3, 0.4) is 0 Å². The Morgan fingerprint density at radius 2 is 1.17 bits per heavy atom. The molecule has 0 spiro atoms. The first-order valence-electron chi connectivity index (χ1n) is 9.51. The van der Waals surface area contributed by atoms with Crippen molar-refractivity contribution in [3.8, 4) is 17.2 Å². The van der Waals surface area contributed by atoms with Gasteiger partial charge < -0.3 is 30.8 Å². The summed E-state index contributed by atoms with van der Waals surface area (Å²) in [5, 5.41) is 0. The Balaban J connectivity index is 1.85. The van der Waals surface area contributed by atoms with Crippen molar-refractivity contribution in [2.75, 3.05) is 17.2 Å². The molecule has 0 aromatic heterocycles. The zero-order valence-corrected chi connectivity index (χ0v) is 27.3. The summed E-state index contributed by atoms with van der Waals surface area (Å²) in [7, 11) is -7.49. The second kappa shape index (κ2) is 11.9. The molecule has 1 aliphatic heterocycles. The van der Waals surface area contributed by atoms with Gasteiger partial charge in [-0.2, -0.15) is 0 Å². The van der Waals surface area contributed by atoms with Crippen LogP contribution in [0.5, 0.6) is 17.2 Å². The number of rotatable bonds is 6. The van der Waals surface area contributed by atoms with Gasteiger partial charge in [0.2, 0.25) is 0 Å². The summed E-state index contributed by atoms with van der Waals surface area (Å²) in [6.07, 6.45) is 0. The summed E-state index contributed by atoms with van der Waals surface area (Å²) in [6.45, 7) is 0. The zero-order chi connectivity index (χ0) is 26.2. The van der Waals surface area contributed by atoms with E-state index in [1.807, 2.05) is 0 Å². The Labute approximate surface area is 249 Å². The van der Waals surface area contributed by atoms with E-state index in [9.17, 15) is 0 Å². The van der Waals surface area contributed by atoms with Crippen LogP contribution in [0.25, 0.3) is 0 Å². The largest absolute Gasteiger partial charge is 0.437 e. The molecule has 2 unspecified atom stereocenters. The van der Waals surface area contributed by atoms with E-state index in [-0.39, 0.29) is 0 Å². The lowest BCUT2D eigenvalue weighted by Gasteiger charge is -2.39. The third kappa shape index (κ3) is 6.32. The standard InChI is InChI=1S/C18H15Br3Cl3N6O3P3/c19-13-7-10(25)1-4-16(13)31-35-28-36(30(23)34(24)29(35)22,32-17-5-2-11(26)8-14(17)20)33-18-6-3-12(27)9-15(18)21/h1-9H,25-27H2. The minimum atomic E-state index is -3.60. The van der Waals surface area contributed by atoms with Crippen molar-refractivity contribution in [2.24, 2.45) is 4.52 Å². The summed E-state index contributed by atoms with van der Waals surface area (Å²) >= 11 is 30.3. The molecule has 0 fully saturated rings. The monoisotopic (exact) mass is 798 g/mol. The maximum absolute atomic E-state index is 6.73. The van der Waals surface area contributed by atoms with Crippen LogP contribution in [-0.2, 0) is 0 Å². The Morgan fingerprint density at radius 3 is 1.58 bits per heavy atom. The first-order valence-corrected chi connectivity index (χ1v) is 17.4. The second-order valence-electron chi connectivity index (χ2n) is 6.90. The van der Waals surface area contributed by atoms with Gasteiger partial charge in [-0.3, -0.25) is 0 Å². The third-order valence-electron chi connectivity index (χ3n) is 4.29. The third-order valence-corrected chi connectivity index (χ3v) is 16.1. The average Bonchev–Trinajstić information content (AvgIpc) is 2.81. The van der Waals surface area contributed by atoms with Crippen LogP contribution in [0, 0.1) is 0 Å². The van der Waals surface area contributed by atoms with Crippen molar-refractivity contribution in [1.82, 2.24) is 7.92 Å². The van der Waals surface area contributed by atoms with Gasteiger partial charge in [0.15, 0.2) is 7.58 Å². The smallest absolute Gasteiger partial charge is 0.425 e. The highest BCUT2D eigenvalue weighted by Crippen LogP contribution is 2.81. The predicted molar refractivity (Wildman–Crippen MR) is 162 cm³/mol. The molecule has 36 heavy (non-hydrogen) atoms. The normalized spacial score (nSPS) is 19.9. The summed E-state index contributed by atoms with van der Waals surface area (Å²) in [5.74, 6) is 1.17. The van der Waals surface area contributed by atoms with Crippen LogP contribution in [-0.4, -0.2) is 7.92 Å². The fourth-order valence-electron chi connectivity index (χ4n) is 2.67. The van der Waals surface area contributed by atoms with Gasteiger partial charge in [-0.25, -0.2) is 0 Å². The second-order valence-corrected chi connectivity index (χ2v) is 17.4. The van der Waals surface area contributed by atoms with E-state index < -0.39 is 23.7 Å². The van der Waals surface area contributed by atoms with Crippen molar-refractivity contribution in [3.05, 3.63) is 68.0 Å². The van der Waals surface area contributed by atoms with Crippen LogP contribution < -0.4 is 30.8 Å². The molecule has 0 bridgehead atoms. The quantitative estimate of drug-likeness (QED) is 0.128. The Hall–Kier alpha value is -0.220. The molecule has 6 N–H and O–H groups in total. The fraction of sp³-hybridized carbons (Fsp3) is 0. The van der Waals surface area contributed by atoms with Crippen molar-refractivity contribution < 1.29 is 13.6 Å². The molecule has 1 aliphatic rings. The van der Waals surface area contributed by atoms with E-state index in [0.717, 1.165) is 3.96 Å². The minimum Gasteiger partial charge on any atom is -0.437 e. The molecular formula is C18H15Br3Cl3N6O3P3. The molecule has 0 saturated heterocycles. The predicted octanol–water partition coefficient (Wildman–Crippen LogP) is 9.82. The number of nitrogens with zero attached hydrogens (tertiary/aromatic N) is 3. The van der Waals surface area contributed by atoms with E-state index in [0.29, 0.717) is 47.7 Å². The van der Waals surface area contributed by atoms with Crippen LogP contribution in [0.4, 0.5) is 17.1 Å². The fourth-order valence-corrected chi connectivity index (χ4v) is 13.5. The molecule has 192 valence electrons. The van der Waals surface area contributed by atoms with Gasteiger partial charge in [0.1, 0.15) is 17.2 Å². The van der Waals surface area contributed by atoms with Gasteiger partial charge >= 0.3 is 16.1 Å². The summed E-state index contributed by atoms with van der Waals surface area (Å²) in [5.41, 5.74) is 19.2. The lowest BCUT2D eigenvalue weighted by Crippen LogP contribution is -2.21. The average molecular weight is 802 g/mol. The molecule has 3 aromatic carbocycles. The molecule has 2 atom stereocenters.